The highest BCUT2D eigenvalue weighted by Gasteiger charge is 2.13. The quantitative estimate of drug-likeness (QED) is 0.564. The minimum absolute atomic E-state index is 0.0302. The Morgan fingerprint density at radius 1 is 1.12 bits per heavy atom. The standard InChI is InChI=1S/C21H19N3OS/c1-14-8-9-16(10-15(14)2)19-12-24-18(13-26-21(24)23-19)11-20(25)22-17-6-4-3-5-7-17/h3-10,12-13H,11H2,1-2H3,(H,22,25). The minimum atomic E-state index is -0.0302. The van der Waals surface area contributed by atoms with Crippen LogP contribution in [0.3, 0.4) is 0 Å². The first-order valence-corrected chi connectivity index (χ1v) is 9.36. The second kappa shape index (κ2) is 6.77. The van der Waals surface area contributed by atoms with Crippen LogP contribution in [0.4, 0.5) is 5.69 Å². The van der Waals surface area contributed by atoms with Gasteiger partial charge in [0.15, 0.2) is 4.96 Å². The summed E-state index contributed by atoms with van der Waals surface area (Å²) in [5.74, 6) is -0.0302. The van der Waals surface area contributed by atoms with Gasteiger partial charge in [0.05, 0.1) is 12.1 Å². The van der Waals surface area contributed by atoms with Crippen LogP contribution in [0.2, 0.25) is 0 Å². The van der Waals surface area contributed by atoms with Crippen LogP contribution in [0.15, 0.2) is 60.1 Å². The molecular formula is C21H19N3OS. The molecule has 26 heavy (non-hydrogen) atoms. The zero-order valence-corrected chi connectivity index (χ0v) is 15.5. The summed E-state index contributed by atoms with van der Waals surface area (Å²) < 4.78 is 2.01. The first-order chi connectivity index (χ1) is 12.6. The molecule has 0 saturated carbocycles. The number of anilines is 1. The zero-order chi connectivity index (χ0) is 18.1. The van der Waals surface area contributed by atoms with Crippen molar-refractivity contribution in [2.24, 2.45) is 0 Å². The van der Waals surface area contributed by atoms with Gasteiger partial charge < -0.3 is 5.32 Å². The number of carbonyl (C=O) groups is 1. The summed E-state index contributed by atoms with van der Waals surface area (Å²) in [5, 5.41) is 4.93. The van der Waals surface area contributed by atoms with Gasteiger partial charge in [-0.2, -0.15) is 0 Å². The number of aryl methyl sites for hydroxylation is 2. The number of aromatic nitrogens is 2. The van der Waals surface area contributed by atoms with Gasteiger partial charge in [-0.1, -0.05) is 30.3 Å². The molecule has 0 fully saturated rings. The Bertz CT molecular complexity index is 1080. The molecule has 1 amide bonds. The number of nitrogens with zero attached hydrogens (tertiary/aromatic N) is 2. The van der Waals surface area contributed by atoms with Gasteiger partial charge >= 0.3 is 0 Å². The molecule has 4 aromatic rings. The van der Waals surface area contributed by atoms with E-state index in [1.165, 1.54) is 11.1 Å². The van der Waals surface area contributed by atoms with Crippen molar-refractivity contribution in [2.45, 2.75) is 20.3 Å². The number of rotatable bonds is 4. The van der Waals surface area contributed by atoms with Crippen molar-refractivity contribution in [2.75, 3.05) is 5.32 Å². The van der Waals surface area contributed by atoms with Gasteiger partial charge in [0.2, 0.25) is 5.91 Å². The number of hydrogen-bond donors (Lipinski definition) is 1. The molecule has 0 radical (unpaired) electrons. The summed E-state index contributed by atoms with van der Waals surface area (Å²) in [4.78, 5) is 18.0. The maximum absolute atomic E-state index is 12.3. The Kier molecular flexibility index (Phi) is 4.31. The van der Waals surface area contributed by atoms with Crippen LogP contribution in [-0.4, -0.2) is 15.3 Å². The van der Waals surface area contributed by atoms with Crippen LogP contribution in [0.5, 0.6) is 0 Å². The van der Waals surface area contributed by atoms with Crippen molar-refractivity contribution in [3.63, 3.8) is 0 Å². The van der Waals surface area contributed by atoms with Crippen LogP contribution in [0.25, 0.3) is 16.2 Å². The molecule has 0 aliphatic heterocycles. The maximum atomic E-state index is 12.3. The Hall–Kier alpha value is -2.92. The fraction of sp³-hybridized carbons (Fsp3) is 0.143. The van der Waals surface area contributed by atoms with Crippen LogP contribution >= 0.6 is 11.3 Å². The molecule has 1 N–H and O–H groups in total. The first-order valence-electron chi connectivity index (χ1n) is 8.48. The number of benzene rings is 2. The average Bonchev–Trinajstić information content (AvgIpc) is 3.20. The normalized spacial score (nSPS) is 11.0. The number of imidazole rings is 1. The molecule has 5 heteroatoms. The molecule has 2 heterocycles. The summed E-state index contributed by atoms with van der Waals surface area (Å²) in [6.07, 6.45) is 2.33. The Labute approximate surface area is 156 Å². The molecule has 2 aromatic carbocycles. The van der Waals surface area contributed by atoms with Gasteiger partial charge in [-0.05, 0) is 43.2 Å². The maximum Gasteiger partial charge on any atom is 0.230 e. The van der Waals surface area contributed by atoms with Gasteiger partial charge in [0.25, 0.3) is 0 Å². The Morgan fingerprint density at radius 2 is 1.92 bits per heavy atom. The van der Waals surface area contributed by atoms with Crippen LogP contribution in [-0.2, 0) is 11.2 Å². The number of thiazole rings is 1. The molecule has 130 valence electrons. The van der Waals surface area contributed by atoms with E-state index < -0.39 is 0 Å². The number of carbonyl (C=O) groups excluding carboxylic acids is 1. The predicted octanol–water partition coefficient (Wildman–Crippen LogP) is 4.86. The fourth-order valence-corrected chi connectivity index (χ4v) is 3.76. The number of hydrogen-bond acceptors (Lipinski definition) is 3. The highest BCUT2D eigenvalue weighted by molar-refractivity contribution is 7.15. The second-order valence-electron chi connectivity index (χ2n) is 6.40. The number of fused-ring (bicyclic) bond motifs is 1. The Morgan fingerprint density at radius 3 is 2.69 bits per heavy atom. The monoisotopic (exact) mass is 361 g/mol. The van der Waals surface area contributed by atoms with E-state index in [4.69, 9.17) is 4.98 Å². The second-order valence-corrected chi connectivity index (χ2v) is 7.23. The van der Waals surface area contributed by atoms with Gasteiger partial charge in [-0.3, -0.25) is 9.20 Å². The molecule has 0 aliphatic carbocycles. The predicted molar refractivity (Wildman–Crippen MR) is 107 cm³/mol. The van der Waals surface area contributed by atoms with E-state index in [1.807, 2.05) is 46.3 Å². The van der Waals surface area contributed by atoms with Gasteiger partial charge in [0, 0.05) is 28.5 Å². The largest absolute Gasteiger partial charge is 0.326 e. The molecule has 0 bridgehead atoms. The third-order valence-corrected chi connectivity index (χ3v) is 5.37. The van der Waals surface area contributed by atoms with Crippen molar-refractivity contribution in [3.8, 4) is 11.3 Å². The van der Waals surface area contributed by atoms with Crippen molar-refractivity contribution < 1.29 is 4.79 Å². The van der Waals surface area contributed by atoms with Crippen LogP contribution in [0, 0.1) is 13.8 Å². The lowest BCUT2D eigenvalue weighted by Crippen LogP contribution is -2.15. The van der Waals surface area contributed by atoms with E-state index in [0.29, 0.717) is 6.42 Å². The molecule has 0 unspecified atom stereocenters. The zero-order valence-electron chi connectivity index (χ0n) is 14.7. The number of para-hydroxylation sites is 1. The SMILES string of the molecule is Cc1ccc(-c2cn3c(CC(=O)Nc4ccccc4)csc3n2)cc1C. The van der Waals surface area contributed by atoms with E-state index in [0.717, 1.165) is 27.6 Å². The van der Waals surface area contributed by atoms with Crippen LogP contribution in [0.1, 0.15) is 16.8 Å². The van der Waals surface area contributed by atoms with Crippen molar-refractivity contribution in [3.05, 3.63) is 76.9 Å². The first kappa shape index (κ1) is 16.5. The molecule has 4 nitrogen and oxygen atoms in total. The smallest absolute Gasteiger partial charge is 0.230 e. The molecule has 4 rings (SSSR count). The summed E-state index contributed by atoms with van der Waals surface area (Å²) in [7, 11) is 0. The van der Waals surface area contributed by atoms with E-state index >= 15 is 0 Å². The fourth-order valence-electron chi connectivity index (χ4n) is 2.89. The number of amides is 1. The molecular weight excluding hydrogens is 342 g/mol. The molecule has 0 spiro atoms. The van der Waals surface area contributed by atoms with Crippen LogP contribution < -0.4 is 5.32 Å². The third-order valence-electron chi connectivity index (χ3n) is 4.49. The van der Waals surface area contributed by atoms with Gasteiger partial charge in [0.1, 0.15) is 0 Å². The third kappa shape index (κ3) is 3.26. The minimum Gasteiger partial charge on any atom is -0.326 e. The van der Waals surface area contributed by atoms with Crippen molar-refractivity contribution in [1.82, 2.24) is 9.38 Å². The number of nitrogens with one attached hydrogen (secondary N) is 1. The van der Waals surface area contributed by atoms with E-state index in [-0.39, 0.29) is 5.91 Å². The lowest BCUT2D eigenvalue weighted by molar-refractivity contribution is -0.115. The topological polar surface area (TPSA) is 46.4 Å². The van der Waals surface area contributed by atoms with Crippen molar-refractivity contribution >= 4 is 27.9 Å². The highest BCUT2D eigenvalue weighted by atomic mass is 32.1. The molecule has 0 atom stereocenters. The molecule has 0 aliphatic rings. The van der Waals surface area contributed by atoms with E-state index in [1.54, 1.807) is 11.3 Å². The summed E-state index contributed by atoms with van der Waals surface area (Å²) in [6, 6.07) is 15.9. The average molecular weight is 361 g/mol. The van der Waals surface area contributed by atoms with E-state index in [9.17, 15) is 4.79 Å². The summed E-state index contributed by atoms with van der Waals surface area (Å²) in [5.41, 5.74) is 6.31. The lowest BCUT2D eigenvalue weighted by Gasteiger charge is -2.04. The highest BCUT2D eigenvalue weighted by Crippen LogP contribution is 2.25. The van der Waals surface area contributed by atoms with Gasteiger partial charge in [-0.25, -0.2) is 4.98 Å². The molecule has 2 aromatic heterocycles. The lowest BCUT2D eigenvalue weighted by atomic mass is 10.0. The van der Waals surface area contributed by atoms with Gasteiger partial charge in [-0.15, -0.1) is 11.3 Å². The molecule has 0 saturated heterocycles. The summed E-state index contributed by atoms with van der Waals surface area (Å²) in [6.45, 7) is 4.21. The Balaban J connectivity index is 1.58. The van der Waals surface area contributed by atoms with E-state index in [2.05, 4.69) is 37.4 Å². The van der Waals surface area contributed by atoms with Crippen molar-refractivity contribution in [1.29, 1.82) is 0 Å². The summed E-state index contributed by atoms with van der Waals surface area (Å²) >= 11 is 1.56.